The van der Waals surface area contributed by atoms with Crippen LogP contribution in [-0.4, -0.2) is 0 Å². The van der Waals surface area contributed by atoms with Gasteiger partial charge in [-0.2, -0.15) is 0 Å². The van der Waals surface area contributed by atoms with Crippen molar-refractivity contribution >= 4 is 0 Å². The van der Waals surface area contributed by atoms with E-state index in [2.05, 4.69) is 21.8 Å². The molecule has 1 aliphatic carbocycles. The molecule has 1 fully saturated rings. The molecule has 0 aromatic heterocycles. The van der Waals surface area contributed by atoms with Crippen molar-refractivity contribution < 1.29 is 0 Å². The van der Waals surface area contributed by atoms with Crippen LogP contribution in [0, 0.1) is 5.92 Å². The first-order chi connectivity index (χ1) is 5.97. The number of hydrogen-bond donors (Lipinski definition) is 1. The van der Waals surface area contributed by atoms with Crippen LogP contribution in [0.1, 0.15) is 25.7 Å². The van der Waals surface area contributed by atoms with Crippen LogP contribution in [0.4, 0.5) is 0 Å². The highest BCUT2D eigenvalue weighted by atomic mass is 15.4. The molecule has 0 radical (unpaired) electrons. The Morgan fingerprint density at radius 3 is 3.00 bits per heavy atom. The van der Waals surface area contributed by atoms with E-state index in [1.807, 2.05) is 6.08 Å². The maximum atomic E-state index is 4.12. The quantitative estimate of drug-likeness (QED) is 0.633. The van der Waals surface area contributed by atoms with Crippen molar-refractivity contribution in [1.29, 1.82) is 0 Å². The van der Waals surface area contributed by atoms with Crippen LogP contribution in [0.15, 0.2) is 34.4 Å². The fourth-order valence-corrected chi connectivity index (χ4v) is 1.78. The lowest BCUT2D eigenvalue weighted by atomic mass is 10.0. The molecule has 1 heterocycles. The number of allylic oxidation sites excluding steroid dienone is 3. The highest BCUT2D eigenvalue weighted by Gasteiger charge is 2.19. The normalized spacial score (nSPS) is 23.5. The van der Waals surface area contributed by atoms with E-state index in [1.165, 1.54) is 25.7 Å². The third-order valence-corrected chi connectivity index (χ3v) is 2.43. The average Bonchev–Trinajstić information content (AvgIpc) is 2.48. The lowest BCUT2D eigenvalue weighted by Gasteiger charge is -2.05. The van der Waals surface area contributed by atoms with Gasteiger partial charge in [-0.3, -0.25) is 5.43 Å². The maximum Gasteiger partial charge on any atom is 0.0679 e. The maximum absolute atomic E-state index is 4.12. The summed E-state index contributed by atoms with van der Waals surface area (Å²) in [6.07, 6.45) is 11.1. The molecule has 0 spiro atoms. The molecule has 2 rings (SSSR count). The van der Waals surface area contributed by atoms with E-state index in [0.717, 1.165) is 5.70 Å². The summed E-state index contributed by atoms with van der Waals surface area (Å²) < 4.78 is 0. The summed E-state index contributed by atoms with van der Waals surface area (Å²) in [5.74, 6) is 0.651. The molecule has 0 aromatic rings. The van der Waals surface area contributed by atoms with Crippen molar-refractivity contribution in [2.45, 2.75) is 25.7 Å². The minimum absolute atomic E-state index is 0.651. The SMILES string of the molecule is C1=CNN=NC(C2CCCC2)=C1. The molecular formula is C9H13N3. The van der Waals surface area contributed by atoms with Crippen molar-refractivity contribution in [2.75, 3.05) is 0 Å². The first-order valence-corrected chi connectivity index (χ1v) is 4.50. The predicted molar refractivity (Wildman–Crippen MR) is 47.2 cm³/mol. The third kappa shape index (κ3) is 1.55. The van der Waals surface area contributed by atoms with Gasteiger partial charge in [0.15, 0.2) is 0 Å². The molecule has 1 aliphatic heterocycles. The van der Waals surface area contributed by atoms with Gasteiger partial charge in [0.1, 0.15) is 0 Å². The lowest BCUT2D eigenvalue weighted by molar-refractivity contribution is 0.619. The summed E-state index contributed by atoms with van der Waals surface area (Å²) in [4.78, 5) is 0. The largest absolute Gasteiger partial charge is 0.267 e. The van der Waals surface area contributed by atoms with E-state index in [1.54, 1.807) is 6.20 Å². The summed E-state index contributed by atoms with van der Waals surface area (Å²) in [5, 5.41) is 7.93. The molecule has 64 valence electrons. The van der Waals surface area contributed by atoms with Crippen molar-refractivity contribution in [3.63, 3.8) is 0 Å². The molecule has 1 N–H and O–H groups in total. The molecule has 0 saturated heterocycles. The Morgan fingerprint density at radius 1 is 1.33 bits per heavy atom. The smallest absolute Gasteiger partial charge is 0.0679 e. The Hall–Kier alpha value is -1.12. The van der Waals surface area contributed by atoms with Gasteiger partial charge in [0.25, 0.3) is 0 Å². The highest BCUT2D eigenvalue weighted by Crippen LogP contribution is 2.31. The Kier molecular flexibility index (Phi) is 2.21. The van der Waals surface area contributed by atoms with E-state index in [0.29, 0.717) is 5.92 Å². The number of hydrogen-bond acceptors (Lipinski definition) is 3. The van der Waals surface area contributed by atoms with Gasteiger partial charge in [-0.15, -0.1) is 5.11 Å². The number of nitrogens with zero attached hydrogens (tertiary/aromatic N) is 2. The second-order valence-electron chi connectivity index (χ2n) is 3.26. The van der Waals surface area contributed by atoms with Crippen LogP contribution in [0.2, 0.25) is 0 Å². The Labute approximate surface area is 72.2 Å². The van der Waals surface area contributed by atoms with Crippen LogP contribution in [0.3, 0.4) is 0 Å². The number of nitrogens with one attached hydrogen (secondary N) is 1. The van der Waals surface area contributed by atoms with Gasteiger partial charge in [-0.05, 0) is 25.0 Å². The van der Waals surface area contributed by atoms with Crippen molar-refractivity contribution in [1.82, 2.24) is 5.43 Å². The van der Waals surface area contributed by atoms with Crippen LogP contribution in [0.5, 0.6) is 0 Å². The Morgan fingerprint density at radius 2 is 2.17 bits per heavy atom. The molecule has 2 aliphatic rings. The van der Waals surface area contributed by atoms with Crippen molar-refractivity contribution in [3.8, 4) is 0 Å². The van der Waals surface area contributed by atoms with E-state index < -0.39 is 0 Å². The monoisotopic (exact) mass is 163 g/mol. The fourth-order valence-electron chi connectivity index (χ4n) is 1.78. The molecule has 0 amide bonds. The second-order valence-corrected chi connectivity index (χ2v) is 3.26. The zero-order chi connectivity index (χ0) is 8.23. The summed E-state index contributed by atoms with van der Waals surface area (Å²) in [7, 11) is 0. The summed E-state index contributed by atoms with van der Waals surface area (Å²) in [5.41, 5.74) is 3.86. The molecule has 0 bridgehead atoms. The van der Waals surface area contributed by atoms with Crippen molar-refractivity contribution in [3.05, 3.63) is 24.0 Å². The van der Waals surface area contributed by atoms with Crippen LogP contribution >= 0.6 is 0 Å². The van der Waals surface area contributed by atoms with Gasteiger partial charge in [-0.1, -0.05) is 18.1 Å². The lowest BCUT2D eigenvalue weighted by Crippen LogP contribution is -1.95. The van der Waals surface area contributed by atoms with Gasteiger partial charge >= 0.3 is 0 Å². The Bertz CT molecular complexity index is 234. The Balaban J connectivity index is 2.09. The standard InChI is InChI=1S/C9H13N3/c1-2-5-8(4-1)9-6-3-7-10-12-11-9/h3,6-8H,1-2,4-5H2,(H,10,11). The van der Waals surface area contributed by atoms with Gasteiger partial charge < -0.3 is 0 Å². The number of rotatable bonds is 1. The van der Waals surface area contributed by atoms with Gasteiger partial charge in [0.2, 0.25) is 0 Å². The first kappa shape index (κ1) is 7.53. The zero-order valence-electron chi connectivity index (χ0n) is 7.03. The molecule has 12 heavy (non-hydrogen) atoms. The van der Waals surface area contributed by atoms with E-state index in [9.17, 15) is 0 Å². The first-order valence-electron chi connectivity index (χ1n) is 4.50. The molecule has 0 aromatic carbocycles. The molecule has 0 unspecified atom stereocenters. The highest BCUT2D eigenvalue weighted by molar-refractivity contribution is 5.15. The molecule has 0 atom stereocenters. The molecule has 1 saturated carbocycles. The molecular weight excluding hydrogens is 150 g/mol. The topological polar surface area (TPSA) is 36.8 Å². The minimum Gasteiger partial charge on any atom is -0.267 e. The van der Waals surface area contributed by atoms with E-state index in [-0.39, 0.29) is 0 Å². The summed E-state index contributed by atoms with van der Waals surface area (Å²) in [6.45, 7) is 0. The fraction of sp³-hybridized carbons (Fsp3) is 0.556. The second kappa shape index (κ2) is 3.52. The molecule has 3 nitrogen and oxygen atoms in total. The average molecular weight is 163 g/mol. The van der Waals surface area contributed by atoms with Gasteiger partial charge in [0, 0.05) is 12.1 Å². The van der Waals surface area contributed by atoms with E-state index >= 15 is 0 Å². The van der Waals surface area contributed by atoms with Gasteiger partial charge in [-0.25, -0.2) is 0 Å². The molecule has 3 heteroatoms. The summed E-state index contributed by atoms with van der Waals surface area (Å²) in [6, 6.07) is 0. The van der Waals surface area contributed by atoms with Gasteiger partial charge in [0.05, 0.1) is 5.70 Å². The summed E-state index contributed by atoms with van der Waals surface area (Å²) >= 11 is 0. The third-order valence-electron chi connectivity index (χ3n) is 2.43. The minimum atomic E-state index is 0.651. The van der Waals surface area contributed by atoms with Crippen LogP contribution < -0.4 is 5.43 Å². The van der Waals surface area contributed by atoms with Crippen molar-refractivity contribution in [2.24, 2.45) is 16.3 Å². The van der Waals surface area contributed by atoms with Crippen LogP contribution in [0.25, 0.3) is 0 Å². The zero-order valence-corrected chi connectivity index (χ0v) is 7.03. The predicted octanol–water partition coefficient (Wildman–Crippen LogP) is 2.54. The van der Waals surface area contributed by atoms with Crippen LogP contribution in [-0.2, 0) is 0 Å². The van der Waals surface area contributed by atoms with E-state index in [4.69, 9.17) is 0 Å².